The van der Waals surface area contributed by atoms with Gasteiger partial charge < -0.3 is 14.4 Å². The smallest absolute Gasteiger partial charge is 0.327 e. The molecule has 2 aliphatic heterocycles. The Labute approximate surface area is 208 Å². The molecule has 4 rings (SSSR count). The average Bonchev–Trinajstić information content (AvgIpc) is 3.05. The predicted octanol–water partition coefficient (Wildman–Crippen LogP) is 4.20. The summed E-state index contributed by atoms with van der Waals surface area (Å²) < 4.78 is 10.9. The van der Waals surface area contributed by atoms with E-state index in [9.17, 15) is 9.59 Å². The Morgan fingerprint density at radius 1 is 0.971 bits per heavy atom. The molecule has 0 bridgehead atoms. The standard InChI is InChI=1S/C28H37N3O4/c1-21(2)19-30-26(32)28(31(27(30)33)15-12-22-8-6-5-7-9-22)13-16-29(17-14-28)20-23-10-11-24(34-3)18-25(23)35-4/h5-11,18,21H,12-17,19-20H2,1-4H3. The molecule has 0 N–H and O–H groups in total. The number of urea groups is 1. The van der Waals surface area contributed by atoms with Crippen LogP contribution < -0.4 is 9.47 Å². The second kappa shape index (κ2) is 10.7. The van der Waals surface area contributed by atoms with Gasteiger partial charge in [-0.1, -0.05) is 50.2 Å². The van der Waals surface area contributed by atoms with Gasteiger partial charge in [-0.05, 0) is 36.8 Å². The molecule has 2 heterocycles. The van der Waals surface area contributed by atoms with Gasteiger partial charge in [-0.15, -0.1) is 0 Å². The van der Waals surface area contributed by atoms with Crippen molar-refractivity contribution in [3.05, 3.63) is 59.7 Å². The fourth-order valence-corrected chi connectivity index (χ4v) is 5.29. The number of benzene rings is 2. The first-order valence-corrected chi connectivity index (χ1v) is 12.5. The van der Waals surface area contributed by atoms with Crippen molar-refractivity contribution in [2.24, 2.45) is 5.92 Å². The van der Waals surface area contributed by atoms with Crippen LogP contribution in [0.3, 0.4) is 0 Å². The van der Waals surface area contributed by atoms with Gasteiger partial charge in [-0.3, -0.25) is 14.6 Å². The highest BCUT2D eigenvalue weighted by Gasteiger charge is 2.57. The third kappa shape index (κ3) is 5.15. The summed E-state index contributed by atoms with van der Waals surface area (Å²) in [6.07, 6.45) is 2.02. The van der Waals surface area contributed by atoms with Gasteiger partial charge in [-0.2, -0.15) is 0 Å². The molecule has 1 spiro atoms. The topological polar surface area (TPSA) is 62.3 Å². The van der Waals surface area contributed by atoms with Crippen LogP contribution in [0.2, 0.25) is 0 Å². The normalized spacial score (nSPS) is 18.1. The number of nitrogens with zero attached hydrogens (tertiary/aromatic N) is 3. The first-order chi connectivity index (χ1) is 16.9. The molecule has 35 heavy (non-hydrogen) atoms. The Morgan fingerprint density at radius 2 is 1.69 bits per heavy atom. The van der Waals surface area contributed by atoms with Crippen LogP contribution in [-0.4, -0.2) is 72.6 Å². The summed E-state index contributed by atoms with van der Waals surface area (Å²) in [7, 11) is 3.31. The van der Waals surface area contributed by atoms with Gasteiger partial charge in [0.15, 0.2) is 0 Å². The molecule has 0 atom stereocenters. The number of rotatable bonds is 9. The molecule has 7 heteroatoms. The van der Waals surface area contributed by atoms with Crippen LogP contribution in [0.4, 0.5) is 4.79 Å². The summed E-state index contributed by atoms with van der Waals surface area (Å²) in [6.45, 7) is 7.32. The van der Waals surface area contributed by atoms with Gasteiger partial charge in [0.2, 0.25) is 0 Å². The van der Waals surface area contributed by atoms with Crippen LogP contribution in [0, 0.1) is 5.92 Å². The number of hydrogen-bond donors (Lipinski definition) is 0. The van der Waals surface area contributed by atoms with Gasteiger partial charge in [0.25, 0.3) is 5.91 Å². The van der Waals surface area contributed by atoms with Crippen LogP contribution in [-0.2, 0) is 17.8 Å². The van der Waals surface area contributed by atoms with E-state index in [0.717, 1.165) is 43.1 Å². The number of ether oxygens (including phenoxy) is 2. The number of imide groups is 1. The lowest BCUT2D eigenvalue weighted by Crippen LogP contribution is -2.56. The monoisotopic (exact) mass is 479 g/mol. The maximum absolute atomic E-state index is 13.7. The molecule has 0 radical (unpaired) electrons. The second-order valence-corrected chi connectivity index (χ2v) is 9.96. The Kier molecular flexibility index (Phi) is 7.65. The van der Waals surface area contributed by atoms with E-state index in [1.807, 2.05) is 55.1 Å². The number of methoxy groups -OCH3 is 2. The summed E-state index contributed by atoms with van der Waals surface area (Å²) >= 11 is 0. The molecule has 2 aromatic carbocycles. The second-order valence-electron chi connectivity index (χ2n) is 9.96. The van der Waals surface area contributed by atoms with Crippen LogP contribution in [0.15, 0.2) is 48.5 Å². The van der Waals surface area contributed by atoms with Gasteiger partial charge in [0.1, 0.15) is 17.0 Å². The van der Waals surface area contributed by atoms with Gasteiger partial charge >= 0.3 is 6.03 Å². The quantitative estimate of drug-likeness (QED) is 0.505. The summed E-state index contributed by atoms with van der Waals surface area (Å²) in [5.74, 6) is 1.77. The van der Waals surface area contributed by atoms with Crippen molar-refractivity contribution in [2.75, 3.05) is 40.4 Å². The largest absolute Gasteiger partial charge is 0.497 e. The zero-order chi connectivity index (χ0) is 25.0. The number of carbonyl (C=O) groups is 2. The molecule has 3 amide bonds. The summed E-state index contributed by atoms with van der Waals surface area (Å²) in [5.41, 5.74) is 1.51. The van der Waals surface area contributed by atoms with E-state index in [1.165, 1.54) is 10.5 Å². The highest BCUT2D eigenvalue weighted by Crippen LogP contribution is 2.38. The molecular weight excluding hydrogens is 442 g/mol. The Bertz CT molecular complexity index is 1030. The van der Waals surface area contributed by atoms with E-state index in [2.05, 4.69) is 17.0 Å². The fraction of sp³-hybridized carbons (Fsp3) is 0.500. The lowest BCUT2D eigenvalue weighted by Gasteiger charge is -2.42. The minimum absolute atomic E-state index is 0.0223. The number of amides is 3. The Balaban J connectivity index is 1.50. The highest BCUT2D eigenvalue weighted by molar-refractivity contribution is 6.07. The number of carbonyl (C=O) groups excluding carboxylic acids is 2. The molecule has 0 saturated carbocycles. The SMILES string of the molecule is COc1ccc(CN2CCC3(CC2)C(=O)N(CC(C)C)C(=O)N3CCc2ccccc2)c(OC)c1. The summed E-state index contributed by atoms with van der Waals surface area (Å²) in [5, 5.41) is 0. The maximum atomic E-state index is 13.7. The lowest BCUT2D eigenvalue weighted by atomic mass is 9.85. The number of piperidine rings is 1. The summed E-state index contributed by atoms with van der Waals surface area (Å²) in [4.78, 5) is 32.9. The van der Waals surface area contributed by atoms with Crippen LogP contribution >= 0.6 is 0 Å². The van der Waals surface area contributed by atoms with E-state index in [1.54, 1.807) is 14.2 Å². The van der Waals surface area contributed by atoms with E-state index in [4.69, 9.17) is 9.47 Å². The molecule has 2 aromatic rings. The first-order valence-electron chi connectivity index (χ1n) is 12.5. The Morgan fingerprint density at radius 3 is 2.31 bits per heavy atom. The van der Waals surface area contributed by atoms with Crippen molar-refractivity contribution < 1.29 is 19.1 Å². The zero-order valence-corrected chi connectivity index (χ0v) is 21.3. The molecule has 7 nitrogen and oxygen atoms in total. The average molecular weight is 480 g/mol. The van der Waals surface area contributed by atoms with Crippen molar-refractivity contribution in [1.82, 2.24) is 14.7 Å². The molecule has 2 saturated heterocycles. The maximum Gasteiger partial charge on any atom is 0.327 e. The zero-order valence-electron chi connectivity index (χ0n) is 21.3. The molecule has 0 aliphatic carbocycles. The Hall–Kier alpha value is -3.06. The third-order valence-corrected chi connectivity index (χ3v) is 7.21. The van der Waals surface area contributed by atoms with E-state index >= 15 is 0 Å². The molecule has 2 aliphatic rings. The van der Waals surface area contributed by atoms with Crippen molar-refractivity contribution in [3.8, 4) is 11.5 Å². The molecule has 0 unspecified atom stereocenters. The third-order valence-electron chi connectivity index (χ3n) is 7.21. The van der Waals surface area contributed by atoms with Crippen LogP contribution in [0.1, 0.15) is 37.8 Å². The van der Waals surface area contributed by atoms with Gasteiger partial charge in [0.05, 0.1) is 14.2 Å². The van der Waals surface area contributed by atoms with Crippen molar-refractivity contribution >= 4 is 11.9 Å². The first kappa shape index (κ1) is 25.0. The van der Waals surface area contributed by atoms with Crippen LogP contribution in [0.25, 0.3) is 0 Å². The van der Waals surface area contributed by atoms with Gasteiger partial charge in [-0.25, -0.2) is 4.79 Å². The van der Waals surface area contributed by atoms with Crippen LogP contribution in [0.5, 0.6) is 11.5 Å². The van der Waals surface area contributed by atoms with Gasteiger partial charge in [0, 0.05) is 44.4 Å². The van der Waals surface area contributed by atoms with E-state index in [0.29, 0.717) is 25.9 Å². The fourth-order valence-electron chi connectivity index (χ4n) is 5.29. The molecule has 2 fully saturated rings. The number of hydrogen-bond acceptors (Lipinski definition) is 5. The molecule has 0 aromatic heterocycles. The van der Waals surface area contributed by atoms with E-state index in [-0.39, 0.29) is 17.9 Å². The highest BCUT2D eigenvalue weighted by atomic mass is 16.5. The lowest BCUT2D eigenvalue weighted by molar-refractivity contribution is -0.136. The van der Waals surface area contributed by atoms with Crippen molar-refractivity contribution in [1.29, 1.82) is 0 Å². The minimum atomic E-state index is -0.749. The summed E-state index contributed by atoms with van der Waals surface area (Å²) in [6, 6.07) is 15.9. The van der Waals surface area contributed by atoms with E-state index < -0.39 is 5.54 Å². The number of likely N-dealkylation sites (tertiary alicyclic amines) is 1. The van der Waals surface area contributed by atoms with Crippen molar-refractivity contribution in [2.45, 2.75) is 45.2 Å². The molecule has 188 valence electrons. The molecular formula is C28H37N3O4. The van der Waals surface area contributed by atoms with Crippen molar-refractivity contribution in [3.63, 3.8) is 0 Å². The predicted molar refractivity (Wildman–Crippen MR) is 136 cm³/mol. The minimum Gasteiger partial charge on any atom is -0.497 e.